The lowest BCUT2D eigenvalue weighted by Crippen LogP contribution is -2.53. The Labute approximate surface area is 195 Å². The minimum atomic E-state index is 0.267. The standard InChI is InChI=1S/C28H55N2O/c1-3-5-6-7-8-9-10-11-12-13-14-15-16-17-18-19-20-21-22-23-28-29-24-25-30(28,4-2)26-27-31/h20-21,24,28,31H,3-19,22-23,25-27H2,1-2H3/q+1/b21-20+. The summed E-state index contributed by atoms with van der Waals surface area (Å²) in [6.07, 6.45) is 32.1. The molecular weight excluding hydrogens is 380 g/mol. The highest BCUT2D eigenvalue weighted by Gasteiger charge is 2.36. The van der Waals surface area contributed by atoms with Gasteiger partial charge in [-0.3, -0.25) is 4.48 Å². The van der Waals surface area contributed by atoms with Crippen molar-refractivity contribution in [2.75, 3.05) is 26.2 Å². The molecule has 0 spiro atoms. The fourth-order valence-corrected chi connectivity index (χ4v) is 4.99. The largest absolute Gasteiger partial charge is 0.391 e. The van der Waals surface area contributed by atoms with Gasteiger partial charge in [-0.2, -0.15) is 0 Å². The minimum absolute atomic E-state index is 0.267. The topological polar surface area (TPSA) is 32.6 Å². The SMILES string of the molecule is CCCCCCCCCCCCCCCCC/C=C/CCC1N=CC[N+]1(CC)CCO. The van der Waals surface area contributed by atoms with Crippen molar-refractivity contribution in [1.29, 1.82) is 0 Å². The van der Waals surface area contributed by atoms with Crippen molar-refractivity contribution in [2.24, 2.45) is 4.99 Å². The molecule has 31 heavy (non-hydrogen) atoms. The lowest BCUT2D eigenvalue weighted by Gasteiger charge is -2.37. The molecule has 182 valence electrons. The summed E-state index contributed by atoms with van der Waals surface area (Å²) < 4.78 is 0.948. The Morgan fingerprint density at radius 1 is 0.774 bits per heavy atom. The molecule has 0 aliphatic carbocycles. The van der Waals surface area contributed by atoms with E-state index in [2.05, 4.69) is 32.2 Å². The third-order valence-corrected chi connectivity index (χ3v) is 7.26. The van der Waals surface area contributed by atoms with E-state index < -0.39 is 0 Å². The van der Waals surface area contributed by atoms with E-state index in [4.69, 9.17) is 4.99 Å². The molecule has 0 aromatic rings. The molecule has 0 amide bonds. The van der Waals surface area contributed by atoms with Crippen LogP contribution in [0.4, 0.5) is 0 Å². The Morgan fingerprint density at radius 3 is 1.81 bits per heavy atom. The third-order valence-electron chi connectivity index (χ3n) is 7.26. The molecule has 0 radical (unpaired) electrons. The lowest BCUT2D eigenvalue weighted by molar-refractivity contribution is -0.936. The number of aliphatic imine (C=N–C) groups is 1. The fraction of sp³-hybridized carbons (Fsp3) is 0.893. The predicted octanol–water partition coefficient (Wildman–Crippen LogP) is 7.82. The highest BCUT2D eigenvalue weighted by molar-refractivity contribution is 5.60. The van der Waals surface area contributed by atoms with Gasteiger partial charge in [-0.05, 0) is 26.2 Å². The molecule has 2 unspecified atom stereocenters. The molecular formula is C28H55N2O+. The van der Waals surface area contributed by atoms with Crippen LogP contribution in [0.15, 0.2) is 17.1 Å². The first-order valence-electron chi connectivity index (χ1n) is 13.9. The number of rotatable bonds is 22. The van der Waals surface area contributed by atoms with Crippen molar-refractivity contribution in [3.63, 3.8) is 0 Å². The Balaban J connectivity index is 1.85. The zero-order chi connectivity index (χ0) is 22.5. The fourth-order valence-electron chi connectivity index (χ4n) is 4.99. The maximum Gasteiger partial charge on any atom is 0.183 e. The van der Waals surface area contributed by atoms with Gasteiger partial charge in [0.05, 0.1) is 19.4 Å². The Morgan fingerprint density at radius 2 is 1.29 bits per heavy atom. The van der Waals surface area contributed by atoms with Crippen molar-refractivity contribution in [3.8, 4) is 0 Å². The first-order chi connectivity index (χ1) is 15.3. The van der Waals surface area contributed by atoms with E-state index in [1.54, 1.807) is 0 Å². The molecule has 0 fully saturated rings. The van der Waals surface area contributed by atoms with E-state index in [9.17, 15) is 5.11 Å². The van der Waals surface area contributed by atoms with Crippen LogP contribution in [0.2, 0.25) is 0 Å². The second-order valence-corrected chi connectivity index (χ2v) is 9.76. The van der Waals surface area contributed by atoms with Gasteiger partial charge in [0, 0.05) is 6.42 Å². The number of allylic oxidation sites excluding steroid dienone is 2. The number of quaternary nitrogens is 1. The lowest BCUT2D eigenvalue weighted by atomic mass is 10.0. The van der Waals surface area contributed by atoms with Crippen molar-refractivity contribution in [3.05, 3.63) is 12.2 Å². The summed E-state index contributed by atoms with van der Waals surface area (Å²) in [5, 5.41) is 9.39. The molecule has 1 N–H and O–H groups in total. The number of unbranched alkanes of at least 4 members (excludes halogenated alkanes) is 15. The van der Waals surface area contributed by atoms with Gasteiger partial charge in [0.15, 0.2) is 6.17 Å². The molecule has 0 aromatic heterocycles. The molecule has 3 heteroatoms. The maximum absolute atomic E-state index is 9.39. The van der Waals surface area contributed by atoms with Crippen molar-refractivity contribution in [2.45, 2.75) is 136 Å². The van der Waals surface area contributed by atoms with Crippen LogP contribution in [0.25, 0.3) is 0 Å². The van der Waals surface area contributed by atoms with E-state index in [1.165, 1.54) is 103 Å². The molecule has 0 saturated heterocycles. The molecule has 2 atom stereocenters. The van der Waals surface area contributed by atoms with Gasteiger partial charge < -0.3 is 5.11 Å². The number of nitrogens with zero attached hydrogens (tertiary/aromatic N) is 2. The first kappa shape index (κ1) is 28.4. The maximum atomic E-state index is 9.39. The van der Waals surface area contributed by atoms with E-state index in [1.807, 2.05) is 0 Å². The second kappa shape index (κ2) is 20.0. The highest BCUT2D eigenvalue weighted by atomic mass is 16.3. The number of aliphatic hydroxyl groups excluding tert-OH is 1. The van der Waals surface area contributed by atoms with E-state index in [-0.39, 0.29) is 6.61 Å². The van der Waals surface area contributed by atoms with Gasteiger partial charge in [-0.1, -0.05) is 109 Å². The van der Waals surface area contributed by atoms with E-state index in [0.29, 0.717) is 6.17 Å². The zero-order valence-corrected chi connectivity index (χ0v) is 21.2. The van der Waals surface area contributed by atoms with Crippen LogP contribution in [-0.4, -0.2) is 48.2 Å². The van der Waals surface area contributed by atoms with Gasteiger partial charge in [-0.25, -0.2) is 4.99 Å². The Hall–Kier alpha value is -0.670. The molecule has 0 aromatic carbocycles. The van der Waals surface area contributed by atoms with Crippen LogP contribution < -0.4 is 0 Å². The van der Waals surface area contributed by atoms with E-state index in [0.717, 1.165) is 37.0 Å². The highest BCUT2D eigenvalue weighted by Crippen LogP contribution is 2.23. The minimum Gasteiger partial charge on any atom is -0.391 e. The molecule has 0 bridgehead atoms. The molecule has 3 nitrogen and oxygen atoms in total. The third kappa shape index (κ3) is 13.5. The van der Waals surface area contributed by atoms with Gasteiger partial charge in [-0.15, -0.1) is 0 Å². The molecule has 1 rings (SSSR count). The number of likely N-dealkylation sites (N-methyl/N-ethyl adjacent to an activating group) is 1. The average Bonchev–Trinajstić information content (AvgIpc) is 3.18. The molecule has 1 aliphatic heterocycles. The van der Waals surface area contributed by atoms with Crippen molar-refractivity contribution >= 4 is 6.21 Å². The number of hydrogen-bond donors (Lipinski definition) is 1. The molecule has 0 saturated carbocycles. The Bertz CT molecular complexity index is 448. The summed E-state index contributed by atoms with van der Waals surface area (Å²) in [7, 11) is 0. The second-order valence-electron chi connectivity index (χ2n) is 9.76. The quantitative estimate of drug-likeness (QED) is 0.105. The predicted molar refractivity (Wildman–Crippen MR) is 138 cm³/mol. The zero-order valence-electron chi connectivity index (χ0n) is 21.2. The summed E-state index contributed by atoms with van der Waals surface area (Å²) in [4.78, 5) is 4.70. The summed E-state index contributed by atoms with van der Waals surface area (Å²) in [5.74, 6) is 0. The summed E-state index contributed by atoms with van der Waals surface area (Å²) >= 11 is 0. The molecule has 1 aliphatic rings. The van der Waals surface area contributed by atoms with Crippen molar-refractivity contribution in [1.82, 2.24) is 0 Å². The van der Waals surface area contributed by atoms with Crippen LogP contribution >= 0.6 is 0 Å². The van der Waals surface area contributed by atoms with Crippen LogP contribution in [0.3, 0.4) is 0 Å². The van der Waals surface area contributed by atoms with Gasteiger partial charge >= 0.3 is 0 Å². The summed E-state index contributed by atoms with van der Waals surface area (Å²) in [6.45, 7) is 7.68. The van der Waals surface area contributed by atoms with E-state index >= 15 is 0 Å². The van der Waals surface area contributed by atoms with Crippen molar-refractivity contribution < 1.29 is 9.59 Å². The molecule has 1 heterocycles. The summed E-state index contributed by atoms with van der Waals surface area (Å²) in [6, 6.07) is 0. The van der Waals surface area contributed by atoms with Gasteiger partial charge in [0.25, 0.3) is 0 Å². The van der Waals surface area contributed by atoms with Crippen LogP contribution in [0.1, 0.15) is 129 Å². The van der Waals surface area contributed by atoms with Crippen LogP contribution in [-0.2, 0) is 0 Å². The average molecular weight is 436 g/mol. The monoisotopic (exact) mass is 435 g/mol. The van der Waals surface area contributed by atoms with Crippen LogP contribution in [0, 0.1) is 0 Å². The van der Waals surface area contributed by atoms with Gasteiger partial charge in [0.1, 0.15) is 13.1 Å². The van der Waals surface area contributed by atoms with Gasteiger partial charge in [0.2, 0.25) is 0 Å². The Kier molecular flexibility index (Phi) is 18.3. The smallest absolute Gasteiger partial charge is 0.183 e. The normalized spacial score (nSPS) is 20.9. The number of aliphatic hydroxyl groups is 1. The van der Waals surface area contributed by atoms with Crippen LogP contribution in [0.5, 0.6) is 0 Å². The summed E-state index contributed by atoms with van der Waals surface area (Å²) in [5.41, 5.74) is 0. The number of hydrogen-bond acceptors (Lipinski definition) is 2. The first-order valence-corrected chi connectivity index (χ1v) is 13.9.